The van der Waals surface area contributed by atoms with Gasteiger partial charge in [-0.05, 0) is 51.1 Å². The summed E-state index contributed by atoms with van der Waals surface area (Å²) in [5, 5.41) is 3.51. The summed E-state index contributed by atoms with van der Waals surface area (Å²) in [6.07, 6.45) is 2.65. The Hall–Kier alpha value is -2.94. The molecule has 1 atom stereocenters. The molecule has 1 aliphatic rings. The first-order valence-corrected chi connectivity index (χ1v) is 11.3. The van der Waals surface area contributed by atoms with Gasteiger partial charge in [0.2, 0.25) is 5.91 Å². The zero-order valence-electron chi connectivity index (χ0n) is 18.1. The Labute approximate surface area is 185 Å². The van der Waals surface area contributed by atoms with Crippen LogP contribution in [0.1, 0.15) is 36.7 Å². The molecule has 1 aromatic heterocycles. The number of benzene rings is 1. The lowest BCUT2D eigenvalue weighted by atomic mass is 10.1. The Morgan fingerprint density at radius 3 is 2.58 bits per heavy atom. The van der Waals surface area contributed by atoms with Crippen molar-refractivity contribution in [1.82, 2.24) is 9.97 Å². The van der Waals surface area contributed by atoms with E-state index in [1.165, 1.54) is 16.7 Å². The number of para-hydroxylation sites is 2. The van der Waals surface area contributed by atoms with Crippen LogP contribution in [0, 0.1) is 13.8 Å². The van der Waals surface area contributed by atoms with Crippen LogP contribution in [0.3, 0.4) is 0 Å². The van der Waals surface area contributed by atoms with Gasteiger partial charge in [-0.2, -0.15) is 0 Å². The van der Waals surface area contributed by atoms with E-state index < -0.39 is 5.97 Å². The highest BCUT2D eigenvalue weighted by Crippen LogP contribution is 2.31. The molecule has 1 N–H and O–H groups in total. The summed E-state index contributed by atoms with van der Waals surface area (Å²) in [5.74, 6) is -0.997. The topological polar surface area (TPSA) is 101 Å². The van der Waals surface area contributed by atoms with Crippen LogP contribution in [0.5, 0.6) is 0 Å². The molecule has 8 nitrogen and oxygen atoms in total. The van der Waals surface area contributed by atoms with E-state index in [0.717, 1.165) is 17.0 Å². The van der Waals surface area contributed by atoms with Gasteiger partial charge in [-0.25, -0.2) is 9.97 Å². The maximum absolute atomic E-state index is 12.9. The molecule has 1 aromatic carbocycles. The molecule has 0 aliphatic carbocycles. The zero-order valence-corrected chi connectivity index (χ0v) is 18.9. The monoisotopic (exact) mass is 442 g/mol. The fraction of sp³-hybridized carbons (Fsp3) is 0.409. The molecule has 0 fully saturated rings. The highest BCUT2D eigenvalue weighted by Gasteiger charge is 2.30. The SMILES string of the molecule is CSc1nc(C)c(CCC(=O)OCC(=O)N2c3ccccc3NC(=O)CC2C)c(C)n1. The van der Waals surface area contributed by atoms with E-state index in [1.54, 1.807) is 31.2 Å². The van der Waals surface area contributed by atoms with E-state index in [4.69, 9.17) is 4.74 Å². The van der Waals surface area contributed by atoms with E-state index in [-0.39, 0.29) is 37.3 Å². The maximum atomic E-state index is 12.9. The minimum atomic E-state index is -0.467. The largest absolute Gasteiger partial charge is 0.456 e. The number of fused-ring (bicyclic) bond motifs is 1. The Morgan fingerprint density at radius 2 is 1.90 bits per heavy atom. The van der Waals surface area contributed by atoms with Crippen LogP contribution in [0.4, 0.5) is 11.4 Å². The second-order valence-corrected chi connectivity index (χ2v) is 8.18. The van der Waals surface area contributed by atoms with Crippen molar-refractivity contribution in [1.29, 1.82) is 0 Å². The number of anilines is 2. The average Bonchev–Trinajstić information content (AvgIpc) is 2.85. The number of thioether (sulfide) groups is 1. The van der Waals surface area contributed by atoms with E-state index in [2.05, 4.69) is 15.3 Å². The molecule has 0 radical (unpaired) electrons. The van der Waals surface area contributed by atoms with Crippen LogP contribution < -0.4 is 10.2 Å². The van der Waals surface area contributed by atoms with Gasteiger partial charge in [-0.3, -0.25) is 14.4 Å². The van der Waals surface area contributed by atoms with Gasteiger partial charge in [0.1, 0.15) is 0 Å². The minimum Gasteiger partial charge on any atom is -0.456 e. The van der Waals surface area contributed by atoms with Crippen molar-refractivity contribution in [3.8, 4) is 0 Å². The molecule has 2 heterocycles. The van der Waals surface area contributed by atoms with Crippen molar-refractivity contribution in [3.05, 3.63) is 41.2 Å². The first kappa shape index (κ1) is 22.7. The zero-order chi connectivity index (χ0) is 22.5. The second kappa shape index (κ2) is 9.91. The molecule has 0 saturated carbocycles. The molecular formula is C22H26N4O4S. The van der Waals surface area contributed by atoms with Crippen LogP contribution in [-0.2, 0) is 25.5 Å². The lowest BCUT2D eigenvalue weighted by Crippen LogP contribution is -2.41. The van der Waals surface area contributed by atoms with Gasteiger partial charge in [0.15, 0.2) is 11.8 Å². The van der Waals surface area contributed by atoms with Crippen LogP contribution in [-0.4, -0.2) is 46.7 Å². The highest BCUT2D eigenvalue weighted by atomic mass is 32.2. The number of rotatable bonds is 6. The summed E-state index contributed by atoms with van der Waals surface area (Å²) in [7, 11) is 0. The Kier molecular flexibility index (Phi) is 7.27. The van der Waals surface area contributed by atoms with E-state index in [1.807, 2.05) is 20.1 Å². The Balaban J connectivity index is 1.62. The van der Waals surface area contributed by atoms with Crippen molar-refractivity contribution in [2.75, 3.05) is 23.1 Å². The fourth-order valence-electron chi connectivity index (χ4n) is 3.64. The third-order valence-corrected chi connectivity index (χ3v) is 5.69. The molecule has 0 bridgehead atoms. The van der Waals surface area contributed by atoms with E-state index >= 15 is 0 Å². The van der Waals surface area contributed by atoms with Crippen LogP contribution in [0.25, 0.3) is 0 Å². The second-order valence-electron chi connectivity index (χ2n) is 7.40. The van der Waals surface area contributed by atoms with Crippen molar-refractivity contribution in [2.24, 2.45) is 0 Å². The lowest BCUT2D eigenvalue weighted by molar-refractivity contribution is -0.148. The summed E-state index contributed by atoms with van der Waals surface area (Å²) in [5.41, 5.74) is 3.76. The Bertz CT molecular complexity index is 988. The number of carbonyl (C=O) groups is 3. The molecule has 164 valence electrons. The predicted molar refractivity (Wildman–Crippen MR) is 119 cm³/mol. The number of hydrogen-bond acceptors (Lipinski definition) is 7. The number of aromatic nitrogens is 2. The number of carbonyl (C=O) groups excluding carboxylic acids is 3. The van der Waals surface area contributed by atoms with Crippen LogP contribution >= 0.6 is 11.8 Å². The maximum Gasteiger partial charge on any atom is 0.306 e. The van der Waals surface area contributed by atoms with Gasteiger partial charge in [0.25, 0.3) is 5.91 Å². The number of esters is 1. The summed E-state index contributed by atoms with van der Waals surface area (Å²) in [6, 6.07) is 6.74. The minimum absolute atomic E-state index is 0.128. The van der Waals surface area contributed by atoms with Crippen molar-refractivity contribution >= 4 is 40.9 Å². The first-order valence-electron chi connectivity index (χ1n) is 10.0. The number of amides is 2. The standard InChI is InChI=1S/C22H26N4O4S/c1-13-11-19(27)25-17-7-5-6-8-18(17)26(13)20(28)12-30-21(29)10-9-16-14(2)23-22(31-4)24-15(16)3/h5-8,13H,9-12H2,1-4H3,(H,25,27). The summed E-state index contributed by atoms with van der Waals surface area (Å²) in [6.45, 7) is 5.20. The van der Waals surface area contributed by atoms with Gasteiger partial charge in [0, 0.05) is 30.3 Å². The van der Waals surface area contributed by atoms with Gasteiger partial charge in [-0.1, -0.05) is 23.9 Å². The summed E-state index contributed by atoms with van der Waals surface area (Å²) in [4.78, 5) is 47.6. The average molecular weight is 443 g/mol. The molecule has 9 heteroatoms. The molecule has 2 aromatic rings. The number of ether oxygens (including phenoxy) is 1. The highest BCUT2D eigenvalue weighted by molar-refractivity contribution is 7.98. The predicted octanol–water partition coefficient (Wildman–Crippen LogP) is 3.06. The molecule has 2 amide bonds. The number of nitrogens with one attached hydrogen (secondary N) is 1. The quantitative estimate of drug-likeness (QED) is 0.417. The van der Waals surface area contributed by atoms with Crippen molar-refractivity contribution in [2.45, 2.75) is 51.2 Å². The number of nitrogens with zero attached hydrogens (tertiary/aromatic N) is 3. The van der Waals surface area contributed by atoms with Gasteiger partial charge in [0.05, 0.1) is 11.4 Å². The van der Waals surface area contributed by atoms with Crippen LogP contribution in [0.2, 0.25) is 0 Å². The van der Waals surface area contributed by atoms with Crippen LogP contribution in [0.15, 0.2) is 29.4 Å². The Morgan fingerprint density at radius 1 is 1.23 bits per heavy atom. The van der Waals surface area contributed by atoms with Gasteiger partial charge >= 0.3 is 5.97 Å². The lowest BCUT2D eigenvalue weighted by Gasteiger charge is -2.27. The molecule has 3 rings (SSSR count). The fourth-order valence-corrected chi connectivity index (χ4v) is 4.10. The number of hydrogen-bond donors (Lipinski definition) is 1. The van der Waals surface area contributed by atoms with Crippen molar-refractivity contribution in [3.63, 3.8) is 0 Å². The summed E-state index contributed by atoms with van der Waals surface area (Å²) >= 11 is 1.47. The van der Waals surface area contributed by atoms with E-state index in [9.17, 15) is 14.4 Å². The molecule has 0 spiro atoms. The molecule has 1 aliphatic heterocycles. The molecule has 31 heavy (non-hydrogen) atoms. The van der Waals surface area contributed by atoms with Gasteiger partial charge < -0.3 is 15.0 Å². The normalized spacial score (nSPS) is 15.7. The third kappa shape index (κ3) is 5.41. The van der Waals surface area contributed by atoms with Gasteiger partial charge in [-0.15, -0.1) is 0 Å². The van der Waals surface area contributed by atoms with Crippen molar-refractivity contribution < 1.29 is 19.1 Å². The third-order valence-electron chi connectivity index (χ3n) is 5.15. The van der Waals surface area contributed by atoms with E-state index in [0.29, 0.717) is 23.0 Å². The molecular weight excluding hydrogens is 416 g/mol. The number of aryl methyl sites for hydroxylation is 2. The molecule has 1 unspecified atom stereocenters. The molecule has 0 saturated heterocycles. The smallest absolute Gasteiger partial charge is 0.306 e. The summed E-state index contributed by atoms with van der Waals surface area (Å²) < 4.78 is 5.25. The first-order chi connectivity index (χ1) is 14.8.